The van der Waals surface area contributed by atoms with E-state index in [1.165, 1.54) is 17.3 Å². The number of piperazine rings is 1. The molecule has 2 aromatic rings. The van der Waals surface area contributed by atoms with Gasteiger partial charge in [0, 0.05) is 45.3 Å². The Morgan fingerprint density at radius 1 is 1.14 bits per heavy atom. The van der Waals surface area contributed by atoms with Crippen molar-refractivity contribution in [3.8, 4) is 6.07 Å². The molecule has 0 saturated carbocycles. The van der Waals surface area contributed by atoms with Crippen molar-refractivity contribution in [2.24, 2.45) is 7.05 Å². The minimum absolute atomic E-state index is 0.109. The number of benzene rings is 1. The third kappa shape index (κ3) is 5.26. The van der Waals surface area contributed by atoms with E-state index in [1.54, 1.807) is 23.4 Å². The third-order valence-corrected chi connectivity index (χ3v) is 8.30. The molecule has 36 heavy (non-hydrogen) atoms. The van der Waals surface area contributed by atoms with Crippen LogP contribution in [0.25, 0.3) is 6.08 Å². The number of carbonyl (C=O) groups excluding carboxylic acids is 1. The smallest absolute Gasteiger partial charge is 0.270 e. The molecule has 0 radical (unpaired) electrons. The number of likely N-dealkylation sites (N-methyl/N-ethyl adjacent to an activating group) is 1. The zero-order valence-electron chi connectivity index (χ0n) is 21.0. The van der Waals surface area contributed by atoms with Crippen LogP contribution in [0.3, 0.4) is 0 Å². The Morgan fingerprint density at radius 2 is 1.83 bits per heavy atom. The Bertz CT molecular complexity index is 1290. The molecule has 0 spiro atoms. The van der Waals surface area contributed by atoms with E-state index in [0.717, 1.165) is 56.9 Å². The number of rotatable bonds is 7. The van der Waals surface area contributed by atoms with Crippen molar-refractivity contribution >= 4 is 46.1 Å². The van der Waals surface area contributed by atoms with Gasteiger partial charge >= 0.3 is 0 Å². The quantitative estimate of drug-likeness (QED) is 0.408. The van der Waals surface area contributed by atoms with E-state index in [0.29, 0.717) is 21.3 Å². The summed E-state index contributed by atoms with van der Waals surface area (Å²) in [5, 5.41) is 9.70. The standard InChI is InChI=1S/C27H31N5O2S2/c1-4-30-13-15-31(16-14-30)24-21(19(2)22(18-28)25(33)29(24)3)17-23-26(34)32(27(35)36-23)12-8-11-20-9-6-5-7-10-20/h5-7,9-10,17H,4,8,11-16H2,1-3H3. The van der Waals surface area contributed by atoms with Gasteiger partial charge in [-0.2, -0.15) is 5.26 Å². The van der Waals surface area contributed by atoms with Crippen molar-refractivity contribution < 1.29 is 4.79 Å². The van der Waals surface area contributed by atoms with Crippen LogP contribution in [-0.4, -0.2) is 63.9 Å². The number of nitriles is 1. The van der Waals surface area contributed by atoms with E-state index in [1.807, 2.05) is 24.3 Å². The van der Waals surface area contributed by atoms with E-state index in [-0.39, 0.29) is 17.0 Å². The maximum atomic E-state index is 13.3. The highest BCUT2D eigenvalue weighted by Gasteiger charge is 2.33. The number of thioether (sulfide) groups is 1. The van der Waals surface area contributed by atoms with Gasteiger partial charge in [-0.15, -0.1) is 0 Å². The molecule has 2 aliphatic rings. The predicted octanol–water partition coefficient (Wildman–Crippen LogP) is 3.54. The van der Waals surface area contributed by atoms with Gasteiger partial charge in [0.25, 0.3) is 11.5 Å². The lowest BCUT2D eigenvalue weighted by Gasteiger charge is -2.37. The second kappa shape index (κ2) is 11.4. The first kappa shape index (κ1) is 26.1. The Balaban J connectivity index is 1.63. The molecular weight excluding hydrogens is 490 g/mol. The number of pyridine rings is 1. The fraction of sp³-hybridized carbons (Fsp3) is 0.407. The molecule has 3 heterocycles. The molecule has 1 aromatic heterocycles. The van der Waals surface area contributed by atoms with Gasteiger partial charge in [-0.3, -0.25) is 19.1 Å². The SMILES string of the molecule is CCN1CCN(c2c(C=C3SC(=S)N(CCCc4ccccc4)C3=O)c(C)c(C#N)c(=O)n2C)CC1. The molecule has 0 N–H and O–H groups in total. The number of thiocarbonyl (C=S) groups is 1. The van der Waals surface area contributed by atoms with E-state index >= 15 is 0 Å². The van der Waals surface area contributed by atoms with Crippen molar-refractivity contribution in [3.63, 3.8) is 0 Å². The van der Waals surface area contributed by atoms with Crippen LogP contribution in [0.15, 0.2) is 40.0 Å². The third-order valence-electron chi connectivity index (χ3n) is 6.93. The van der Waals surface area contributed by atoms with Crippen LogP contribution in [0.1, 0.15) is 35.6 Å². The maximum Gasteiger partial charge on any atom is 0.270 e. The van der Waals surface area contributed by atoms with Crippen LogP contribution >= 0.6 is 24.0 Å². The summed E-state index contributed by atoms with van der Waals surface area (Å²) in [6.07, 6.45) is 3.51. The van der Waals surface area contributed by atoms with E-state index < -0.39 is 0 Å². The molecule has 2 saturated heterocycles. The van der Waals surface area contributed by atoms with Gasteiger partial charge in [0.15, 0.2) is 0 Å². The summed E-state index contributed by atoms with van der Waals surface area (Å²) >= 11 is 6.84. The topological polar surface area (TPSA) is 72.6 Å². The minimum atomic E-state index is -0.312. The lowest BCUT2D eigenvalue weighted by atomic mass is 10.0. The van der Waals surface area contributed by atoms with Gasteiger partial charge in [-0.1, -0.05) is 61.2 Å². The van der Waals surface area contributed by atoms with Crippen LogP contribution in [-0.2, 0) is 18.3 Å². The second-order valence-electron chi connectivity index (χ2n) is 9.06. The Hall–Kier alpha value is -2.93. The lowest BCUT2D eigenvalue weighted by molar-refractivity contribution is -0.122. The van der Waals surface area contributed by atoms with Crippen molar-refractivity contribution in [2.75, 3.05) is 44.2 Å². The number of amides is 1. The first-order valence-electron chi connectivity index (χ1n) is 12.3. The first-order chi connectivity index (χ1) is 17.3. The van der Waals surface area contributed by atoms with Gasteiger partial charge in [-0.05, 0) is 43.5 Å². The van der Waals surface area contributed by atoms with Crippen LogP contribution in [0.2, 0.25) is 0 Å². The van der Waals surface area contributed by atoms with Gasteiger partial charge in [-0.25, -0.2) is 0 Å². The zero-order chi connectivity index (χ0) is 25.8. The number of hydrogen-bond donors (Lipinski definition) is 0. The molecule has 4 rings (SSSR count). The Labute approximate surface area is 222 Å². The zero-order valence-corrected chi connectivity index (χ0v) is 22.6. The summed E-state index contributed by atoms with van der Waals surface area (Å²) in [4.78, 5) is 33.1. The van der Waals surface area contributed by atoms with Crippen molar-refractivity contribution in [2.45, 2.75) is 26.7 Å². The molecule has 7 nitrogen and oxygen atoms in total. The van der Waals surface area contributed by atoms with Crippen molar-refractivity contribution in [3.05, 3.63) is 67.8 Å². The van der Waals surface area contributed by atoms with Crippen LogP contribution in [0.4, 0.5) is 5.82 Å². The van der Waals surface area contributed by atoms with Crippen molar-refractivity contribution in [1.82, 2.24) is 14.4 Å². The lowest BCUT2D eigenvalue weighted by Crippen LogP contribution is -2.48. The largest absolute Gasteiger partial charge is 0.355 e. The molecule has 1 aromatic carbocycles. The fourth-order valence-electron chi connectivity index (χ4n) is 4.78. The highest BCUT2D eigenvalue weighted by molar-refractivity contribution is 8.26. The molecule has 9 heteroatoms. The second-order valence-corrected chi connectivity index (χ2v) is 10.7. The highest BCUT2D eigenvalue weighted by Crippen LogP contribution is 2.36. The molecule has 0 atom stereocenters. The summed E-state index contributed by atoms with van der Waals surface area (Å²) in [5.41, 5.74) is 2.37. The van der Waals surface area contributed by atoms with Gasteiger partial charge in [0.05, 0.1) is 4.91 Å². The normalized spacial score (nSPS) is 17.8. The fourth-order valence-corrected chi connectivity index (χ4v) is 6.07. The van der Waals surface area contributed by atoms with Gasteiger partial charge < -0.3 is 9.80 Å². The Kier molecular flexibility index (Phi) is 8.29. The number of aromatic nitrogens is 1. The van der Waals surface area contributed by atoms with E-state index in [9.17, 15) is 14.9 Å². The average Bonchev–Trinajstić information content (AvgIpc) is 3.16. The van der Waals surface area contributed by atoms with Gasteiger partial charge in [0.1, 0.15) is 21.8 Å². The molecule has 2 fully saturated rings. The number of nitrogens with zero attached hydrogens (tertiary/aromatic N) is 5. The number of carbonyl (C=O) groups is 1. The monoisotopic (exact) mass is 521 g/mol. The average molecular weight is 522 g/mol. The molecule has 0 aliphatic carbocycles. The molecule has 1 amide bonds. The van der Waals surface area contributed by atoms with Gasteiger partial charge in [0.2, 0.25) is 0 Å². The molecule has 0 bridgehead atoms. The summed E-state index contributed by atoms with van der Waals surface area (Å²) in [5.74, 6) is 0.633. The maximum absolute atomic E-state index is 13.3. The molecule has 0 unspecified atom stereocenters. The summed E-state index contributed by atoms with van der Waals surface area (Å²) in [7, 11) is 1.70. The van der Waals surface area contributed by atoms with Crippen LogP contribution in [0, 0.1) is 18.3 Å². The summed E-state index contributed by atoms with van der Waals surface area (Å²) in [6, 6.07) is 12.3. The number of anilines is 1. The summed E-state index contributed by atoms with van der Waals surface area (Å²) < 4.78 is 2.10. The van der Waals surface area contributed by atoms with E-state index in [4.69, 9.17) is 12.2 Å². The van der Waals surface area contributed by atoms with Crippen molar-refractivity contribution in [1.29, 1.82) is 5.26 Å². The Morgan fingerprint density at radius 3 is 2.47 bits per heavy atom. The number of hydrogen-bond acceptors (Lipinski definition) is 7. The molecule has 188 valence electrons. The predicted molar refractivity (Wildman–Crippen MR) is 150 cm³/mol. The first-order valence-corrected chi connectivity index (χ1v) is 13.5. The van der Waals surface area contributed by atoms with Crippen LogP contribution < -0.4 is 10.5 Å². The van der Waals surface area contributed by atoms with E-state index in [2.05, 4.69) is 34.9 Å². The molecular formula is C27H31N5O2S2. The molecule has 2 aliphatic heterocycles. The number of aryl methyl sites for hydroxylation is 1. The summed E-state index contributed by atoms with van der Waals surface area (Å²) in [6.45, 7) is 8.81. The minimum Gasteiger partial charge on any atom is -0.355 e. The van der Waals surface area contributed by atoms with Crippen LogP contribution in [0.5, 0.6) is 0 Å². The highest BCUT2D eigenvalue weighted by atomic mass is 32.2.